The van der Waals surface area contributed by atoms with Crippen molar-refractivity contribution in [3.05, 3.63) is 32.6 Å². The number of nitrogens with one attached hydrogen (secondary N) is 1. The lowest BCUT2D eigenvalue weighted by atomic mass is 9.79. The highest BCUT2D eigenvalue weighted by atomic mass is 16.6. The van der Waals surface area contributed by atoms with Gasteiger partial charge in [-0.2, -0.15) is 0 Å². The Labute approximate surface area is 171 Å². The van der Waals surface area contributed by atoms with Crippen LogP contribution in [0.5, 0.6) is 0 Å². The molecule has 7 unspecified atom stereocenters. The van der Waals surface area contributed by atoms with E-state index in [1.165, 1.54) is 10.8 Å². The molecule has 0 bridgehead atoms. The molecule has 1 saturated heterocycles. The van der Waals surface area contributed by atoms with Crippen LogP contribution >= 0.6 is 0 Å². The molecule has 7 atom stereocenters. The molecule has 1 saturated carbocycles. The molecule has 0 spiro atoms. The third kappa shape index (κ3) is 4.66. The minimum Gasteiger partial charge on any atom is -0.388 e. The summed E-state index contributed by atoms with van der Waals surface area (Å²) in [5.41, 5.74) is -0.578. The minimum absolute atomic E-state index is 0.0885. The SMILES string of the molecule is CCCC1OC(n2cc(C)c(=O)[nH]c2=O)C(OC2C(C)CCCC2COC)C1O. The van der Waals surface area contributed by atoms with E-state index in [-0.39, 0.29) is 12.0 Å². The highest BCUT2D eigenvalue weighted by Gasteiger charge is 2.48. The third-order valence-corrected chi connectivity index (χ3v) is 6.26. The topological polar surface area (TPSA) is 103 Å². The molecule has 0 radical (unpaired) electrons. The van der Waals surface area contributed by atoms with Gasteiger partial charge in [-0.3, -0.25) is 14.3 Å². The average Bonchev–Trinajstić information content (AvgIpc) is 2.97. The molecule has 3 rings (SSSR count). The molecule has 2 N–H and O–H groups in total. The van der Waals surface area contributed by atoms with Crippen LogP contribution in [0.3, 0.4) is 0 Å². The molecular weight excluding hydrogens is 376 g/mol. The predicted octanol–water partition coefficient (Wildman–Crippen LogP) is 1.74. The fraction of sp³-hybridized carbons (Fsp3) is 0.810. The summed E-state index contributed by atoms with van der Waals surface area (Å²) in [6.07, 6.45) is 3.33. The van der Waals surface area contributed by atoms with Crippen LogP contribution in [-0.2, 0) is 14.2 Å². The first-order valence-corrected chi connectivity index (χ1v) is 10.7. The lowest BCUT2D eigenvalue weighted by Gasteiger charge is -2.39. The maximum Gasteiger partial charge on any atom is 0.330 e. The number of methoxy groups -OCH3 is 1. The number of hydrogen-bond donors (Lipinski definition) is 2. The van der Waals surface area contributed by atoms with Crippen molar-refractivity contribution in [2.45, 2.75) is 83.5 Å². The van der Waals surface area contributed by atoms with Crippen LogP contribution in [-0.4, -0.2) is 52.8 Å². The number of ether oxygens (including phenoxy) is 3. The van der Waals surface area contributed by atoms with E-state index in [2.05, 4.69) is 11.9 Å². The monoisotopic (exact) mass is 410 g/mol. The Hall–Kier alpha value is -1.48. The van der Waals surface area contributed by atoms with Gasteiger partial charge in [-0.15, -0.1) is 0 Å². The number of aromatic nitrogens is 2. The standard InChI is InChI=1S/C21H34N2O6/c1-5-7-15-16(24)18(29-17-12(2)8-6-9-14(17)11-27-4)20(28-15)23-10-13(3)19(25)22-21(23)26/h10,12,14-18,20,24H,5-9,11H2,1-4H3,(H,22,25,26). The number of aryl methyl sites for hydroxylation is 1. The van der Waals surface area contributed by atoms with Gasteiger partial charge in [0.15, 0.2) is 6.23 Å². The van der Waals surface area contributed by atoms with Crippen molar-refractivity contribution < 1.29 is 19.3 Å². The zero-order valence-electron chi connectivity index (χ0n) is 17.8. The smallest absolute Gasteiger partial charge is 0.330 e. The Balaban J connectivity index is 1.93. The molecule has 8 nitrogen and oxygen atoms in total. The van der Waals surface area contributed by atoms with Crippen molar-refractivity contribution >= 4 is 0 Å². The van der Waals surface area contributed by atoms with E-state index >= 15 is 0 Å². The van der Waals surface area contributed by atoms with Gasteiger partial charge in [0.25, 0.3) is 5.56 Å². The van der Waals surface area contributed by atoms with Crippen molar-refractivity contribution in [1.29, 1.82) is 0 Å². The Morgan fingerprint density at radius 1 is 1.31 bits per heavy atom. The Kier molecular flexibility index (Phi) is 7.32. The molecule has 8 heteroatoms. The first-order valence-electron chi connectivity index (χ1n) is 10.7. The molecule has 1 aromatic rings. The summed E-state index contributed by atoms with van der Waals surface area (Å²) < 4.78 is 19.3. The normalized spacial score (nSPS) is 35.1. The van der Waals surface area contributed by atoms with Crippen molar-refractivity contribution in [2.75, 3.05) is 13.7 Å². The van der Waals surface area contributed by atoms with E-state index in [9.17, 15) is 14.7 Å². The second kappa shape index (κ2) is 9.55. The number of aliphatic hydroxyl groups excluding tert-OH is 1. The molecule has 1 aromatic heterocycles. The molecule has 0 amide bonds. The summed E-state index contributed by atoms with van der Waals surface area (Å²) in [6.45, 7) is 6.41. The molecular formula is C21H34N2O6. The van der Waals surface area contributed by atoms with E-state index in [1.54, 1.807) is 14.0 Å². The van der Waals surface area contributed by atoms with Crippen molar-refractivity contribution in [3.63, 3.8) is 0 Å². The van der Waals surface area contributed by atoms with E-state index in [0.717, 1.165) is 25.7 Å². The maximum atomic E-state index is 12.5. The molecule has 1 aliphatic heterocycles. The van der Waals surface area contributed by atoms with Crippen LogP contribution in [0, 0.1) is 18.8 Å². The van der Waals surface area contributed by atoms with Crippen LogP contribution in [0.4, 0.5) is 0 Å². The zero-order valence-corrected chi connectivity index (χ0v) is 17.8. The first-order chi connectivity index (χ1) is 13.9. The molecule has 1 aliphatic carbocycles. The van der Waals surface area contributed by atoms with Crippen LogP contribution in [0.15, 0.2) is 15.8 Å². The van der Waals surface area contributed by atoms with E-state index in [1.807, 2.05) is 6.92 Å². The number of nitrogens with zero attached hydrogens (tertiary/aromatic N) is 1. The minimum atomic E-state index is -0.851. The van der Waals surface area contributed by atoms with Crippen LogP contribution in [0.25, 0.3) is 0 Å². The van der Waals surface area contributed by atoms with Gasteiger partial charge in [0.2, 0.25) is 0 Å². The first kappa shape index (κ1) is 22.2. The molecule has 2 fully saturated rings. The third-order valence-electron chi connectivity index (χ3n) is 6.26. The summed E-state index contributed by atoms with van der Waals surface area (Å²) in [6, 6.07) is 0. The van der Waals surface area contributed by atoms with Gasteiger partial charge < -0.3 is 19.3 Å². The van der Waals surface area contributed by atoms with Gasteiger partial charge in [-0.1, -0.05) is 26.7 Å². The van der Waals surface area contributed by atoms with Crippen LogP contribution in [0.1, 0.15) is 57.7 Å². The molecule has 164 valence electrons. The van der Waals surface area contributed by atoms with Crippen LogP contribution < -0.4 is 11.2 Å². The number of H-pyrrole nitrogens is 1. The maximum absolute atomic E-state index is 12.5. The highest BCUT2D eigenvalue weighted by molar-refractivity contribution is 5.03. The van der Waals surface area contributed by atoms with E-state index in [4.69, 9.17) is 14.2 Å². The summed E-state index contributed by atoms with van der Waals surface area (Å²) in [7, 11) is 1.69. The number of aliphatic hydroxyl groups is 1. The fourth-order valence-electron chi connectivity index (χ4n) is 4.70. The number of rotatable bonds is 7. The van der Waals surface area contributed by atoms with E-state index < -0.39 is 35.8 Å². The summed E-state index contributed by atoms with van der Waals surface area (Å²) in [4.78, 5) is 26.6. The second-order valence-corrected chi connectivity index (χ2v) is 8.51. The molecule has 2 aliphatic rings. The van der Waals surface area contributed by atoms with Gasteiger partial charge in [-0.25, -0.2) is 4.79 Å². The summed E-state index contributed by atoms with van der Waals surface area (Å²) in [5, 5.41) is 11.0. The predicted molar refractivity (Wildman–Crippen MR) is 108 cm³/mol. The van der Waals surface area contributed by atoms with Gasteiger partial charge in [-0.05, 0) is 32.1 Å². The largest absolute Gasteiger partial charge is 0.388 e. The highest BCUT2D eigenvalue weighted by Crippen LogP contribution is 2.39. The fourth-order valence-corrected chi connectivity index (χ4v) is 4.70. The van der Waals surface area contributed by atoms with E-state index in [0.29, 0.717) is 24.5 Å². The lowest BCUT2D eigenvalue weighted by Crippen LogP contribution is -2.46. The Morgan fingerprint density at radius 2 is 2.07 bits per heavy atom. The lowest BCUT2D eigenvalue weighted by molar-refractivity contribution is -0.149. The second-order valence-electron chi connectivity index (χ2n) is 8.51. The van der Waals surface area contributed by atoms with Crippen molar-refractivity contribution in [2.24, 2.45) is 11.8 Å². The Morgan fingerprint density at radius 3 is 2.76 bits per heavy atom. The summed E-state index contributed by atoms with van der Waals surface area (Å²) >= 11 is 0. The van der Waals surface area contributed by atoms with Crippen molar-refractivity contribution in [3.8, 4) is 0 Å². The molecule has 0 aromatic carbocycles. The van der Waals surface area contributed by atoms with Gasteiger partial charge in [0, 0.05) is 24.8 Å². The number of aromatic amines is 1. The quantitative estimate of drug-likeness (QED) is 0.710. The van der Waals surface area contributed by atoms with Crippen molar-refractivity contribution in [1.82, 2.24) is 9.55 Å². The van der Waals surface area contributed by atoms with Crippen LogP contribution in [0.2, 0.25) is 0 Å². The Bertz CT molecular complexity index is 788. The molecule has 29 heavy (non-hydrogen) atoms. The van der Waals surface area contributed by atoms with Gasteiger partial charge in [0.05, 0.1) is 18.8 Å². The zero-order chi connectivity index (χ0) is 21.1. The average molecular weight is 411 g/mol. The molecule has 2 heterocycles. The van der Waals surface area contributed by atoms with Gasteiger partial charge in [0.1, 0.15) is 12.2 Å². The number of hydrogen-bond acceptors (Lipinski definition) is 6. The van der Waals surface area contributed by atoms with Gasteiger partial charge >= 0.3 is 5.69 Å². The summed E-state index contributed by atoms with van der Waals surface area (Å²) in [5.74, 6) is 0.548.